The Hall–Kier alpha value is -1.59. The number of carbonyl (C=O) groups is 1. The van der Waals surface area contributed by atoms with E-state index in [-0.39, 0.29) is 24.8 Å². The van der Waals surface area contributed by atoms with Gasteiger partial charge in [-0.05, 0) is 30.7 Å². The normalized spacial score (nSPS) is 23.2. The number of nitrogens with one attached hydrogen (secondary N) is 1. The number of rotatable bonds is 5. The number of morpholine rings is 1. The first kappa shape index (κ1) is 17.2. The molecule has 1 aromatic carbocycles. The molecule has 5 heteroatoms. The van der Waals surface area contributed by atoms with Crippen molar-refractivity contribution in [1.82, 2.24) is 10.2 Å². The van der Waals surface area contributed by atoms with E-state index >= 15 is 0 Å². The maximum atomic E-state index is 12.7. The zero-order valence-corrected chi connectivity index (χ0v) is 14.2. The monoisotopic (exact) mass is 332 g/mol. The lowest BCUT2D eigenvalue weighted by molar-refractivity contribution is -0.0406. The summed E-state index contributed by atoms with van der Waals surface area (Å²) in [7, 11) is 0. The molecule has 2 atom stereocenters. The van der Waals surface area contributed by atoms with Crippen LogP contribution < -0.4 is 5.32 Å². The molecular weight excluding hydrogens is 304 g/mol. The lowest BCUT2D eigenvalue weighted by atomic mass is 9.92. The van der Waals surface area contributed by atoms with Crippen LogP contribution in [0.4, 0.5) is 4.79 Å². The van der Waals surface area contributed by atoms with E-state index in [0.717, 1.165) is 6.42 Å². The topological polar surface area (TPSA) is 61.8 Å². The van der Waals surface area contributed by atoms with Crippen LogP contribution in [0.15, 0.2) is 30.3 Å². The first-order valence-electron chi connectivity index (χ1n) is 9.08. The van der Waals surface area contributed by atoms with E-state index in [0.29, 0.717) is 25.6 Å². The lowest BCUT2D eigenvalue weighted by Crippen LogP contribution is -2.54. The average molecular weight is 332 g/mol. The smallest absolute Gasteiger partial charge is 0.317 e. The van der Waals surface area contributed by atoms with Crippen LogP contribution in [-0.4, -0.2) is 54.5 Å². The van der Waals surface area contributed by atoms with Gasteiger partial charge >= 0.3 is 6.03 Å². The molecule has 0 bridgehead atoms. The third kappa shape index (κ3) is 4.48. The third-order valence-corrected chi connectivity index (χ3v) is 5.21. The van der Waals surface area contributed by atoms with Gasteiger partial charge in [0.25, 0.3) is 0 Å². The summed E-state index contributed by atoms with van der Waals surface area (Å²) in [4.78, 5) is 14.5. The second kappa shape index (κ2) is 8.49. The number of hydrogen-bond donors (Lipinski definition) is 2. The molecule has 132 valence electrons. The molecule has 0 spiro atoms. The molecule has 2 amide bonds. The van der Waals surface area contributed by atoms with Crippen LogP contribution in [0.1, 0.15) is 31.2 Å². The summed E-state index contributed by atoms with van der Waals surface area (Å²) in [6.07, 6.45) is 5.53. The lowest BCUT2D eigenvalue weighted by Gasteiger charge is -2.34. The van der Waals surface area contributed by atoms with Crippen molar-refractivity contribution in [2.45, 2.75) is 44.2 Å². The summed E-state index contributed by atoms with van der Waals surface area (Å²) in [6, 6.07) is 10.5. The zero-order valence-electron chi connectivity index (χ0n) is 14.2. The molecule has 2 aliphatic rings. The predicted octanol–water partition coefficient (Wildman–Crippen LogP) is 2.19. The Morgan fingerprint density at radius 1 is 1.29 bits per heavy atom. The Morgan fingerprint density at radius 2 is 2.04 bits per heavy atom. The number of hydrogen-bond acceptors (Lipinski definition) is 3. The fraction of sp³-hybridized carbons (Fsp3) is 0.632. The molecular formula is C19H28N2O3. The Labute approximate surface area is 144 Å². The minimum Gasteiger partial charge on any atom is -0.394 e. The first-order valence-corrected chi connectivity index (χ1v) is 9.08. The van der Waals surface area contributed by atoms with Crippen molar-refractivity contribution >= 4 is 6.03 Å². The summed E-state index contributed by atoms with van der Waals surface area (Å²) in [5.74, 6) is 0.559. The molecule has 0 radical (unpaired) electrons. The summed E-state index contributed by atoms with van der Waals surface area (Å²) >= 11 is 0. The highest BCUT2D eigenvalue weighted by Crippen LogP contribution is 2.29. The van der Waals surface area contributed by atoms with Crippen molar-refractivity contribution in [3.63, 3.8) is 0 Å². The number of amides is 2. The van der Waals surface area contributed by atoms with Crippen LogP contribution in [-0.2, 0) is 11.2 Å². The predicted molar refractivity (Wildman–Crippen MR) is 92.8 cm³/mol. The second-order valence-corrected chi connectivity index (χ2v) is 6.91. The molecule has 1 aromatic rings. The van der Waals surface area contributed by atoms with Gasteiger partial charge in [0, 0.05) is 12.6 Å². The molecule has 2 N–H and O–H groups in total. The van der Waals surface area contributed by atoms with Crippen LogP contribution >= 0.6 is 0 Å². The van der Waals surface area contributed by atoms with Gasteiger partial charge < -0.3 is 20.1 Å². The maximum Gasteiger partial charge on any atom is 0.317 e. The van der Waals surface area contributed by atoms with Crippen molar-refractivity contribution in [3.8, 4) is 0 Å². The Balaban J connectivity index is 1.63. The van der Waals surface area contributed by atoms with Crippen molar-refractivity contribution in [2.24, 2.45) is 5.92 Å². The molecule has 0 aromatic heterocycles. The molecule has 0 unspecified atom stereocenters. The van der Waals surface area contributed by atoms with Gasteiger partial charge in [-0.3, -0.25) is 0 Å². The molecule has 24 heavy (non-hydrogen) atoms. The zero-order chi connectivity index (χ0) is 16.8. The number of urea groups is 1. The van der Waals surface area contributed by atoms with Crippen molar-refractivity contribution in [2.75, 3.05) is 26.3 Å². The van der Waals surface area contributed by atoms with Gasteiger partial charge in [0.15, 0.2) is 0 Å². The number of aliphatic hydroxyl groups excluding tert-OH is 1. The third-order valence-electron chi connectivity index (χ3n) is 5.21. The molecule has 1 aliphatic carbocycles. The van der Waals surface area contributed by atoms with Gasteiger partial charge in [-0.2, -0.15) is 0 Å². The van der Waals surface area contributed by atoms with E-state index in [4.69, 9.17) is 4.74 Å². The molecule has 1 aliphatic heterocycles. The first-order chi connectivity index (χ1) is 11.8. The number of benzene rings is 1. The van der Waals surface area contributed by atoms with Crippen LogP contribution in [0.5, 0.6) is 0 Å². The van der Waals surface area contributed by atoms with Gasteiger partial charge in [0.2, 0.25) is 0 Å². The van der Waals surface area contributed by atoms with Crippen LogP contribution in [0.2, 0.25) is 0 Å². The van der Waals surface area contributed by atoms with Gasteiger partial charge in [-0.1, -0.05) is 43.2 Å². The Kier molecular flexibility index (Phi) is 6.10. The minimum atomic E-state index is -0.261. The van der Waals surface area contributed by atoms with Crippen LogP contribution in [0.25, 0.3) is 0 Å². The average Bonchev–Trinajstić information content (AvgIpc) is 3.16. The summed E-state index contributed by atoms with van der Waals surface area (Å²) < 4.78 is 5.44. The van der Waals surface area contributed by atoms with Gasteiger partial charge in [-0.25, -0.2) is 4.79 Å². The van der Waals surface area contributed by atoms with E-state index in [9.17, 15) is 9.90 Å². The van der Waals surface area contributed by atoms with Crippen molar-refractivity contribution < 1.29 is 14.6 Å². The largest absolute Gasteiger partial charge is 0.394 e. The SMILES string of the molecule is O=C(N[C@H](Cc1ccccc1)C1CCCC1)N1CCO[C@@H](CO)C1. The number of nitrogens with zero attached hydrogens (tertiary/aromatic N) is 1. The molecule has 1 heterocycles. The minimum absolute atomic E-state index is 0.0235. The van der Waals surface area contributed by atoms with E-state index in [1.807, 2.05) is 6.07 Å². The molecule has 1 saturated heterocycles. The second-order valence-electron chi connectivity index (χ2n) is 6.91. The Bertz CT molecular complexity index is 517. The number of carbonyl (C=O) groups excluding carboxylic acids is 1. The molecule has 1 saturated carbocycles. The fourth-order valence-corrected chi connectivity index (χ4v) is 3.83. The van der Waals surface area contributed by atoms with E-state index in [1.165, 1.54) is 31.2 Å². The van der Waals surface area contributed by atoms with Crippen molar-refractivity contribution in [3.05, 3.63) is 35.9 Å². The summed E-state index contributed by atoms with van der Waals surface area (Å²) in [5, 5.41) is 12.5. The molecule has 5 nitrogen and oxygen atoms in total. The van der Waals surface area contributed by atoms with Gasteiger partial charge in [0.05, 0.1) is 25.9 Å². The Morgan fingerprint density at radius 3 is 2.75 bits per heavy atom. The molecule has 2 fully saturated rings. The van der Waals surface area contributed by atoms with Crippen molar-refractivity contribution in [1.29, 1.82) is 0 Å². The number of ether oxygens (including phenoxy) is 1. The standard InChI is InChI=1S/C19H28N2O3/c22-14-17-13-21(10-11-24-17)19(23)20-18(16-8-4-5-9-16)12-15-6-2-1-3-7-15/h1-3,6-7,16-18,22H,4-5,8-14H2,(H,20,23)/t17-,18-/m1/s1. The number of aliphatic hydroxyl groups is 1. The van der Waals surface area contributed by atoms with Gasteiger partial charge in [0.1, 0.15) is 0 Å². The molecule has 3 rings (SSSR count). The van der Waals surface area contributed by atoms with Gasteiger partial charge in [-0.15, -0.1) is 0 Å². The van der Waals surface area contributed by atoms with E-state index in [2.05, 4.69) is 29.6 Å². The summed E-state index contributed by atoms with van der Waals surface area (Å²) in [6.45, 7) is 1.50. The van der Waals surface area contributed by atoms with E-state index < -0.39 is 0 Å². The van der Waals surface area contributed by atoms with Crippen LogP contribution in [0, 0.1) is 5.92 Å². The van der Waals surface area contributed by atoms with E-state index in [1.54, 1.807) is 4.90 Å². The maximum absolute atomic E-state index is 12.7. The quantitative estimate of drug-likeness (QED) is 0.869. The highest BCUT2D eigenvalue weighted by molar-refractivity contribution is 5.74. The highest BCUT2D eigenvalue weighted by Gasteiger charge is 2.30. The summed E-state index contributed by atoms with van der Waals surface area (Å²) in [5.41, 5.74) is 1.27. The highest BCUT2D eigenvalue weighted by atomic mass is 16.5. The fourth-order valence-electron chi connectivity index (χ4n) is 3.83. The van der Waals surface area contributed by atoms with Crippen LogP contribution in [0.3, 0.4) is 0 Å².